The molecule has 11 nitrogen and oxygen atoms in total. The molecule has 0 saturated carbocycles. The third-order valence-electron chi connectivity index (χ3n) is 6.15. The molecular formula is C22H27F2N11. The number of rotatable bonds is 7. The molecule has 0 amide bonds. The van der Waals surface area contributed by atoms with Crippen LogP contribution in [0.5, 0.6) is 0 Å². The summed E-state index contributed by atoms with van der Waals surface area (Å²) in [5.74, 6) is -0.382. The number of piperazine rings is 1. The molecular weight excluding hydrogens is 456 g/mol. The zero-order chi connectivity index (χ0) is 24.5. The molecule has 1 aromatic carbocycles. The molecule has 3 aromatic heterocycles. The molecule has 1 saturated heterocycles. The number of nitrogens with one attached hydrogen (secondary N) is 2. The summed E-state index contributed by atoms with van der Waals surface area (Å²) in [6.45, 7) is 4.19. The number of fused-ring (bicyclic) bond motifs is 3. The van der Waals surface area contributed by atoms with Crippen LogP contribution in [-0.4, -0.2) is 81.1 Å². The van der Waals surface area contributed by atoms with Gasteiger partial charge in [-0.05, 0) is 12.1 Å². The largest absolute Gasteiger partial charge is 0.392 e. The molecule has 5 rings (SSSR count). The standard InChI is InChI=1S/C22H27F2N11/c1-26-13-17(27-2)19-29-21-15-12-28-34(20(15)30-22(25)35(21)31-19)10-7-32-5-8-33(9-6-32)18-4-3-14(23)11-16(18)24/h3-4,11-13,26-27H,5-10H2,1-2H3,(H2,25,30)/b17-13-. The summed E-state index contributed by atoms with van der Waals surface area (Å²) < 4.78 is 30.7. The van der Waals surface area contributed by atoms with E-state index in [0.717, 1.165) is 36.8 Å². The third kappa shape index (κ3) is 4.30. The lowest BCUT2D eigenvalue weighted by Gasteiger charge is -2.36. The smallest absolute Gasteiger partial charge is 0.225 e. The second-order valence-electron chi connectivity index (χ2n) is 8.27. The van der Waals surface area contributed by atoms with E-state index in [1.807, 2.05) is 9.58 Å². The molecule has 1 fully saturated rings. The highest BCUT2D eigenvalue weighted by atomic mass is 19.1. The average molecular weight is 484 g/mol. The van der Waals surface area contributed by atoms with E-state index in [2.05, 4.69) is 35.7 Å². The van der Waals surface area contributed by atoms with Crippen molar-refractivity contribution in [3.63, 3.8) is 0 Å². The van der Waals surface area contributed by atoms with Crippen molar-refractivity contribution in [1.29, 1.82) is 0 Å². The van der Waals surface area contributed by atoms with Crippen LogP contribution in [0.4, 0.5) is 20.4 Å². The first-order chi connectivity index (χ1) is 17.0. The zero-order valence-electron chi connectivity index (χ0n) is 19.5. The highest BCUT2D eigenvalue weighted by molar-refractivity contribution is 5.90. The molecule has 0 radical (unpaired) electrons. The maximum Gasteiger partial charge on any atom is 0.225 e. The van der Waals surface area contributed by atoms with Crippen LogP contribution in [0.15, 0.2) is 30.6 Å². The van der Waals surface area contributed by atoms with Crippen molar-refractivity contribution in [3.8, 4) is 0 Å². The molecule has 4 aromatic rings. The maximum absolute atomic E-state index is 14.1. The summed E-state index contributed by atoms with van der Waals surface area (Å²) >= 11 is 0. The SMILES string of the molecule is CN/C=C(\NC)c1nc2c3cnn(CCN4CCN(c5ccc(F)cc5F)CC4)c3nc(N)n2n1. The number of benzene rings is 1. The van der Waals surface area contributed by atoms with Gasteiger partial charge in [0.25, 0.3) is 0 Å². The van der Waals surface area contributed by atoms with E-state index in [4.69, 9.17) is 5.73 Å². The van der Waals surface area contributed by atoms with Crippen LogP contribution in [0.25, 0.3) is 22.4 Å². The predicted molar refractivity (Wildman–Crippen MR) is 130 cm³/mol. The van der Waals surface area contributed by atoms with Gasteiger partial charge in [0.1, 0.15) is 11.6 Å². The fraction of sp³-hybridized carbons (Fsp3) is 0.364. The van der Waals surface area contributed by atoms with Crippen LogP contribution < -0.4 is 21.3 Å². The van der Waals surface area contributed by atoms with Gasteiger partial charge < -0.3 is 21.3 Å². The van der Waals surface area contributed by atoms with Crippen molar-refractivity contribution >= 4 is 34.0 Å². The van der Waals surface area contributed by atoms with Crippen LogP contribution in [0.3, 0.4) is 0 Å². The van der Waals surface area contributed by atoms with E-state index in [-0.39, 0.29) is 5.95 Å². The fourth-order valence-corrected chi connectivity index (χ4v) is 4.31. The summed E-state index contributed by atoms with van der Waals surface area (Å²) in [6, 6.07) is 3.71. The van der Waals surface area contributed by atoms with Crippen molar-refractivity contribution in [2.24, 2.45) is 0 Å². The van der Waals surface area contributed by atoms with Gasteiger partial charge in [-0.15, -0.1) is 5.10 Å². The third-order valence-corrected chi connectivity index (χ3v) is 6.15. The van der Waals surface area contributed by atoms with E-state index in [1.54, 1.807) is 26.5 Å². The highest BCUT2D eigenvalue weighted by Crippen LogP contribution is 2.23. The lowest BCUT2D eigenvalue weighted by Crippen LogP contribution is -2.47. The molecule has 4 N–H and O–H groups in total. The van der Waals surface area contributed by atoms with E-state index in [9.17, 15) is 8.78 Å². The Morgan fingerprint density at radius 3 is 2.60 bits per heavy atom. The Morgan fingerprint density at radius 2 is 1.89 bits per heavy atom. The summed E-state index contributed by atoms with van der Waals surface area (Å²) in [5.41, 5.74) is 8.58. The van der Waals surface area contributed by atoms with Gasteiger partial charge in [-0.2, -0.15) is 14.6 Å². The topological polar surface area (TPSA) is 117 Å². The van der Waals surface area contributed by atoms with Gasteiger partial charge in [0, 0.05) is 59.1 Å². The summed E-state index contributed by atoms with van der Waals surface area (Å²) in [5, 5.41) is 15.8. The first kappa shape index (κ1) is 22.8. The van der Waals surface area contributed by atoms with E-state index in [1.165, 1.54) is 16.6 Å². The first-order valence-corrected chi connectivity index (χ1v) is 11.3. The second kappa shape index (κ2) is 9.33. The van der Waals surface area contributed by atoms with Gasteiger partial charge >= 0.3 is 0 Å². The lowest BCUT2D eigenvalue weighted by atomic mass is 10.2. The number of hydrogen-bond donors (Lipinski definition) is 3. The number of aromatic nitrogens is 6. The normalized spacial score (nSPS) is 15.3. The fourth-order valence-electron chi connectivity index (χ4n) is 4.31. The van der Waals surface area contributed by atoms with Crippen molar-refractivity contribution in [2.45, 2.75) is 6.54 Å². The number of nitrogens with zero attached hydrogens (tertiary/aromatic N) is 8. The molecule has 1 aliphatic rings. The molecule has 13 heteroatoms. The van der Waals surface area contributed by atoms with Crippen LogP contribution in [0, 0.1) is 11.6 Å². The van der Waals surface area contributed by atoms with Crippen molar-refractivity contribution in [1.82, 2.24) is 44.9 Å². The van der Waals surface area contributed by atoms with Gasteiger partial charge in [-0.3, -0.25) is 4.90 Å². The Labute approximate surface area is 200 Å². The van der Waals surface area contributed by atoms with Gasteiger partial charge in [0.15, 0.2) is 17.1 Å². The van der Waals surface area contributed by atoms with Crippen LogP contribution in [-0.2, 0) is 6.54 Å². The van der Waals surface area contributed by atoms with Crippen LogP contribution in [0.2, 0.25) is 0 Å². The van der Waals surface area contributed by atoms with E-state index >= 15 is 0 Å². The number of anilines is 2. The minimum Gasteiger partial charge on any atom is -0.392 e. The molecule has 0 spiro atoms. The van der Waals surface area contributed by atoms with Crippen LogP contribution in [0.1, 0.15) is 5.82 Å². The molecule has 0 aliphatic carbocycles. The molecule has 0 atom stereocenters. The van der Waals surface area contributed by atoms with E-state index in [0.29, 0.717) is 42.4 Å². The van der Waals surface area contributed by atoms with Gasteiger partial charge in [0.2, 0.25) is 5.95 Å². The number of hydrogen-bond acceptors (Lipinski definition) is 9. The first-order valence-electron chi connectivity index (χ1n) is 11.3. The minimum atomic E-state index is -0.567. The molecule has 4 heterocycles. The monoisotopic (exact) mass is 483 g/mol. The van der Waals surface area contributed by atoms with Crippen molar-refractivity contribution in [3.05, 3.63) is 48.1 Å². The van der Waals surface area contributed by atoms with Gasteiger partial charge in [-0.1, -0.05) is 0 Å². The van der Waals surface area contributed by atoms with Gasteiger partial charge in [-0.25, -0.2) is 18.4 Å². The Kier molecular flexibility index (Phi) is 6.07. The van der Waals surface area contributed by atoms with Gasteiger partial charge in [0.05, 0.1) is 29.5 Å². The quantitative estimate of drug-likeness (QED) is 0.352. The van der Waals surface area contributed by atoms with Crippen LogP contribution >= 0.6 is 0 Å². The molecule has 0 unspecified atom stereocenters. The number of nitrogens with two attached hydrogens (primary N) is 1. The highest BCUT2D eigenvalue weighted by Gasteiger charge is 2.21. The van der Waals surface area contributed by atoms with Crippen molar-refractivity contribution < 1.29 is 8.78 Å². The van der Waals surface area contributed by atoms with Crippen molar-refractivity contribution in [2.75, 3.05) is 57.5 Å². The molecule has 1 aliphatic heterocycles. The maximum atomic E-state index is 14.1. The summed E-state index contributed by atoms with van der Waals surface area (Å²) in [4.78, 5) is 13.4. The molecule has 0 bridgehead atoms. The molecule has 35 heavy (non-hydrogen) atoms. The zero-order valence-corrected chi connectivity index (χ0v) is 19.5. The Balaban J connectivity index is 1.30. The Bertz CT molecular complexity index is 1390. The summed E-state index contributed by atoms with van der Waals surface area (Å²) in [6.07, 6.45) is 3.49. The Morgan fingerprint density at radius 1 is 1.09 bits per heavy atom. The Hall–Kier alpha value is -4.00. The number of halogens is 2. The molecule has 184 valence electrons. The number of nitrogen functional groups attached to an aromatic ring is 1. The minimum absolute atomic E-state index is 0.225. The summed E-state index contributed by atoms with van der Waals surface area (Å²) in [7, 11) is 3.59. The second-order valence-corrected chi connectivity index (χ2v) is 8.27. The predicted octanol–water partition coefficient (Wildman–Crippen LogP) is 0.894. The average Bonchev–Trinajstić information content (AvgIpc) is 3.47. The lowest BCUT2D eigenvalue weighted by molar-refractivity contribution is 0.245. The van der Waals surface area contributed by atoms with E-state index < -0.39 is 11.6 Å².